The Morgan fingerprint density at radius 2 is 1.79 bits per heavy atom. The molecule has 1 saturated heterocycles. The number of aryl methyl sites for hydroxylation is 4. The van der Waals surface area contributed by atoms with Crippen LogP contribution >= 0.6 is 0 Å². The van der Waals surface area contributed by atoms with Crippen molar-refractivity contribution in [2.75, 3.05) is 26.2 Å². The molecule has 4 rings (SSSR count). The minimum absolute atomic E-state index is 0.726. The number of rotatable bonds is 9. The molecule has 4 heteroatoms. The molecule has 29 heavy (non-hydrogen) atoms. The number of imidazole rings is 1. The summed E-state index contributed by atoms with van der Waals surface area (Å²) >= 11 is 0. The van der Waals surface area contributed by atoms with Crippen LogP contribution in [-0.2, 0) is 13.0 Å². The normalized spacial score (nSPS) is 14.7. The first-order chi connectivity index (χ1) is 14.2. The molecule has 0 aliphatic carbocycles. The topological polar surface area (TPSA) is 30.3 Å². The summed E-state index contributed by atoms with van der Waals surface area (Å²) in [5.41, 5.74) is 4.84. The van der Waals surface area contributed by atoms with Crippen LogP contribution in [0.1, 0.15) is 42.6 Å². The maximum Gasteiger partial charge on any atom is 0.122 e. The Bertz CT molecular complexity index is 940. The quantitative estimate of drug-likeness (QED) is 0.473. The van der Waals surface area contributed by atoms with Gasteiger partial charge in [-0.2, -0.15) is 0 Å². The smallest absolute Gasteiger partial charge is 0.122 e. The van der Waals surface area contributed by atoms with Crippen molar-refractivity contribution >= 4 is 11.0 Å². The maximum absolute atomic E-state index is 6.05. The SMILES string of the molecule is Cc1ccc(OCCCn2c(CCCN3CCCC3)nc3ccccc32)c(C)c1. The Hall–Kier alpha value is -2.33. The van der Waals surface area contributed by atoms with E-state index in [4.69, 9.17) is 9.72 Å². The highest BCUT2D eigenvalue weighted by Gasteiger charge is 2.13. The molecule has 1 aromatic heterocycles. The van der Waals surface area contributed by atoms with Crippen LogP contribution in [-0.4, -0.2) is 40.7 Å². The predicted molar refractivity (Wildman–Crippen MR) is 120 cm³/mol. The largest absolute Gasteiger partial charge is 0.493 e. The maximum atomic E-state index is 6.05. The van der Waals surface area contributed by atoms with Crippen molar-refractivity contribution in [1.29, 1.82) is 0 Å². The van der Waals surface area contributed by atoms with E-state index in [9.17, 15) is 0 Å². The van der Waals surface area contributed by atoms with E-state index >= 15 is 0 Å². The molecule has 154 valence electrons. The first kappa shape index (κ1) is 20.0. The molecule has 0 bridgehead atoms. The second-order valence-corrected chi connectivity index (χ2v) is 8.29. The molecule has 1 fully saturated rings. The summed E-state index contributed by atoms with van der Waals surface area (Å²) in [6, 6.07) is 14.9. The zero-order valence-corrected chi connectivity index (χ0v) is 17.9. The molecule has 1 aliphatic rings. The molecule has 0 amide bonds. The molecular weight excluding hydrogens is 358 g/mol. The molecule has 2 heterocycles. The summed E-state index contributed by atoms with van der Waals surface area (Å²) in [6.45, 7) is 9.64. The summed E-state index contributed by atoms with van der Waals surface area (Å²) in [4.78, 5) is 7.53. The number of aromatic nitrogens is 2. The van der Waals surface area contributed by atoms with Crippen LogP contribution in [0.3, 0.4) is 0 Å². The van der Waals surface area contributed by atoms with Crippen molar-refractivity contribution in [2.24, 2.45) is 0 Å². The fraction of sp³-hybridized carbons (Fsp3) is 0.480. The van der Waals surface area contributed by atoms with Gasteiger partial charge in [0.2, 0.25) is 0 Å². The minimum atomic E-state index is 0.726. The lowest BCUT2D eigenvalue weighted by molar-refractivity contribution is 0.299. The lowest BCUT2D eigenvalue weighted by Gasteiger charge is -2.15. The summed E-state index contributed by atoms with van der Waals surface area (Å²) in [5, 5.41) is 0. The molecule has 0 saturated carbocycles. The fourth-order valence-electron chi connectivity index (χ4n) is 4.40. The first-order valence-corrected chi connectivity index (χ1v) is 11.1. The molecule has 4 nitrogen and oxygen atoms in total. The van der Waals surface area contributed by atoms with Crippen LogP contribution in [0.5, 0.6) is 5.75 Å². The van der Waals surface area contributed by atoms with Gasteiger partial charge in [0.25, 0.3) is 0 Å². The van der Waals surface area contributed by atoms with Gasteiger partial charge in [0.15, 0.2) is 0 Å². The van der Waals surface area contributed by atoms with Gasteiger partial charge in [-0.3, -0.25) is 0 Å². The third-order valence-electron chi connectivity index (χ3n) is 5.92. The van der Waals surface area contributed by atoms with Gasteiger partial charge in [-0.1, -0.05) is 29.8 Å². The van der Waals surface area contributed by atoms with Gasteiger partial charge in [0.1, 0.15) is 11.6 Å². The van der Waals surface area contributed by atoms with Crippen LogP contribution in [0.25, 0.3) is 11.0 Å². The summed E-state index contributed by atoms with van der Waals surface area (Å²) in [7, 11) is 0. The third-order valence-corrected chi connectivity index (χ3v) is 5.92. The second kappa shape index (κ2) is 9.45. The molecule has 3 aromatic rings. The number of nitrogens with zero attached hydrogens (tertiary/aromatic N) is 3. The van der Waals surface area contributed by atoms with E-state index in [1.807, 2.05) is 0 Å². The Labute approximate surface area is 174 Å². The monoisotopic (exact) mass is 391 g/mol. The van der Waals surface area contributed by atoms with E-state index in [0.29, 0.717) is 0 Å². The minimum Gasteiger partial charge on any atom is -0.493 e. The number of para-hydroxylation sites is 2. The van der Waals surface area contributed by atoms with Crippen LogP contribution in [0.2, 0.25) is 0 Å². The summed E-state index contributed by atoms with van der Waals surface area (Å²) in [5.74, 6) is 2.22. The van der Waals surface area contributed by atoms with Gasteiger partial charge in [0.05, 0.1) is 17.6 Å². The Morgan fingerprint density at radius 1 is 0.966 bits per heavy atom. The highest BCUT2D eigenvalue weighted by molar-refractivity contribution is 5.75. The number of hydrogen-bond acceptors (Lipinski definition) is 3. The molecule has 1 aliphatic heterocycles. The van der Waals surface area contributed by atoms with Crippen LogP contribution in [0, 0.1) is 13.8 Å². The lowest BCUT2D eigenvalue weighted by atomic mass is 10.1. The van der Waals surface area contributed by atoms with Crippen LogP contribution < -0.4 is 4.74 Å². The fourth-order valence-corrected chi connectivity index (χ4v) is 4.40. The van der Waals surface area contributed by atoms with Gasteiger partial charge < -0.3 is 14.2 Å². The summed E-state index contributed by atoms with van der Waals surface area (Å²) in [6.07, 6.45) is 5.93. The molecule has 0 N–H and O–H groups in total. The zero-order chi connectivity index (χ0) is 20.1. The lowest BCUT2D eigenvalue weighted by Crippen LogP contribution is -2.21. The standard InChI is InChI=1S/C25H33N3O/c1-20-12-13-24(21(2)19-20)29-18-8-17-28-23-10-4-3-9-22(23)26-25(28)11-7-16-27-14-5-6-15-27/h3-4,9-10,12-13,19H,5-8,11,14-18H2,1-2H3. The van der Waals surface area contributed by atoms with Crippen molar-refractivity contribution in [1.82, 2.24) is 14.5 Å². The number of hydrogen-bond donors (Lipinski definition) is 0. The van der Waals surface area contributed by atoms with Crippen molar-refractivity contribution in [3.8, 4) is 5.75 Å². The van der Waals surface area contributed by atoms with E-state index in [2.05, 4.69) is 65.8 Å². The predicted octanol–water partition coefficient (Wildman–Crippen LogP) is 5.15. The van der Waals surface area contributed by atoms with E-state index in [0.717, 1.165) is 37.3 Å². The van der Waals surface area contributed by atoms with Gasteiger partial charge in [-0.15, -0.1) is 0 Å². The number of benzene rings is 2. The van der Waals surface area contributed by atoms with E-state index in [-0.39, 0.29) is 0 Å². The van der Waals surface area contributed by atoms with Gasteiger partial charge in [-0.05, 0) is 82.9 Å². The van der Waals surface area contributed by atoms with Gasteiger partial charge in [-0.25, -0.2) is 4.98 Å². The Morgan fingerprint density at radius 3 is 2.62 bits per heavy atom. The number of ether oxygens (including phenoxy) is 1. The molecule has 2 aromatic carbocycles. The highest BCUT2D eigenvalue weighted by atomic mass is 16.5. The van der Waals surface area contributed by atoms with E-state index in [1.165, 1.54) is 61.4 Å². The second-order valence-electron chi connectivity index (χ2n) is 8.29. The zero-order valence-electron chi connectivity index (χ0n) is 17.9. The van der Waals surface area contributed by atoms with Crippen molar-refractivity contribution < 1.29 is 4.74 Å². The van der Waals surface area contributed by atoms with Crippen molar-refractivity contribution in [3.63, 3.8) is 0 Å². The first-order valence-electron chi connectivity index (χ1n) is 11.1. The average Bonchev–Trinajstić information content (AvgIpc) is 3.35. The van der Waals surface area contributed by atoms with E-state index in [1.54, 1.807) is 0 Å². The van der Waals surface area contributed by atoms with Gasteiger partial charge >= 0.3 is 0 Å². The van der Waals surface area contributed by atoms with E-state index < -0.39 is 0 Å². The molecule has 0 atom stereocenters. The average molecular weight is 392 g/mol. The Kier molecular flexibility index (Phi) is 6.50. The van der Waals surface area contributed by atoms with Gasteiger partial charge in [0, 0.05) is 13.0 Å². The molecule has 0 radical (unpaired) electrons. The summed E-state index contributed by atoms with van der Waals surface area (Å²) < 4.78 is 8.46. The van der Waals surface area contributed by atoms with Crippen molar-refractivity contribution in [2.45, 2.75) is 52.5 Å². The number of likely N-dealkylation sites (tertiary alicyclic amines) is 1. The Balaban J connectivity index is 1.37. The molecule has 0 unspecified atom stereocenters. The van der Waals surface area contributed by atoms with Crippen LogP contribution in [0.4, 0.5) is 0 Å². The third kappa shape index (κ3) is 4.99. The van der Waals surface area contributed by atoms with Crippen LogP contribution in [0.15, 0.2) is 42.5 Å². The number of fused-ring (bicyclic) bond motifs is 1. The highest BCUT2D eigenvalue weighted by Crippen LogP contribution is 2.21. The molecule has 0 spiro atoms. The van der Waals surface area contributed by atoms with Crippen molar-refractivity contribution in [3.05, 3.63) is 59.4 Å². The molecular formula is C25H33N3O.